The lowest BCUT2D eigenvalue weighted by molar-refractivity contribution is 0.710. The minimum atomic E-state index is -0.0458. The van der Waals surface area contributed by atoms with E-state index in [1.54, 1.807) is 12.3 Å². The molecule has 1 aromatic heterocycles. The van der Waals surface area contributed by atoms with Gasteiger partial charge in [0.2, 0.25) is 0 Å². The minimum absolute atomic E-state index is 0.0458. The summed E-state index contributed by atoms with van der Waals surface area (Å²) < 4.78 is 0. The fraction of sp³-hybridized carbons (Fsp3) is 0.250. The first-order chi connectivity index (χ1) is 5.34. The summed E-state index contributed by atoms with van der Waals surface area (Å²) in [6.07, 6.45) is 5.72. The molecule has 1 heterocycles. The molecule has 1 aromatic rings. The highest BCUT2D eigenvalue weighted by Crippen LogP contribution is 2.08. The van der Waals surface area contributed by atoms with Crippen LogP contribution >= 0.6 is 0 Å². The molecule has 0 aliphatic heterocycles. The summed E-state index contributed by atoms with van der Waals surface area (Å²) >= 11 is 0. The molecule has 0 aliphatic carbocycles. The molecule has 1 unspecified atom stereocenters. The lowest BCUT2D eigenvalue weighted by atomic mass is 10.1. The minimum Gasteiger partial charge on any atom is -0.322 e. The highest BCUT2D eigenvalue weighted by Gasteiger charge is 2.02. The predicted octanol–water partition coefficient (Wildman–Crippen LogP) is 1.05. The van der Waals surface area contributed by atoms with E-state index < -0.39 is 0 Å². The van der Waals surface area contributed by atoms with Crippen LogP contribution in [0.2, 0.25) is 0 Å². The Morgan fingerprint density at radius 1 is 1.73 bits per heavy atom. The van der Waals surface area contributed by atoms with Crippen molar-refractivity contribution in [3.63, 3.8) is 0 Å². The van der Waals surface area contributed by atoms with Crippen molar-refractivity contribution in [2.45, 2.75) is 12.5 Å². The molecule has 0 bridgehead atoms. The molecule has 1 rings (SSSR count). The van der Waals surface area contributed by atoms with Crippen LogP contribution in [0.4, 0.5) is 0 Å². The second-order valence-corrected chi connectivity index (χ2v) is 2.27. The summed E-state index contributed by atoms with van der Waals surface area (Å²) in [4.78, 5) is 7.81. The molecule has 0 amide bonds. The Morgan fingerprint density at radius 3 is 3.09 bits per heavy atom. The summed E-state index contributed by atoms with van der Waals surface area (Å²) in [6, 6.07) is 1.77. The molecular formula is C8H11N3. The molecule has 0 saturated heterocycles. The molecule has 0 saturated carbocycles. The topological polar surface area (TPSA) is 51.8 Å². The molecule has 3 heteroatoms. The summed E-state index contributed by atoms with van der Waals surface area (Å²) in [6.45, 7) is 3.60. The van der Waals surface area contributed by atoms with Crippen LogP contribution in [0, 0.1) is 0 Å². The van der Waals surface area contributed by atoms with Gasteiger partial charge in [0.05, 0.1) is 11.7 Å². The van der Waals surface area contributed by atoms with Gasteiger partial charge in [-0.3, -0.25) is 0 Å². The molecule has 58 valence electrons. The van der Waals surface area contributed by atoms with E-state index in [0.717, 1.165) is 12.1 Å². The first-order valence-electron chi connectivity index (χ1n) is 3.47. The molecular weight excluding hydrogens is 138 g/mol. The van der Waals surface area contributed by atoms with Gasteiger partial charge < -0.3 is 5.73 Å². The molecule has 1 atom stereocenters. The van der Waals surface area contributed by atoms with Crippen LogP contribution in [0.5, 0.6) is 0 Å². The van der Waals surface area contributed by atoms with Gasteiger partial charge in [0.15, 0.2) is 0 Å². The number of hydrogen-bond donors (Lipinski definition) is 1. The lowest BCUT2D eigenvalue weighted by Crippen LogP contribution is -2.10. The van der Waals surface area contributed by atoms with E-state index in [1.807, 2.05) is 6.07 Å². The van der Waals surface area contributed by atoms with Crippen molar-refractivity contribution in [1.29, 1.82) is 0 Å². The zero-order valence-electron chi connectivity index (χ0n) is 6.27. The van der Waals surface area contributed by atoms with Crippen LogP contribution in [-0.4, -0.2) is 9.97 Å². The van der Waals surface area contributed by atoms with Crippen molar-refractivity contribution in [3.8, 4) is 0 Å². The van der Waals surface area contributed by atoms with Gasteiger partial charge in [0, 0.05) is 6.20 Å². The van der Waals surface area contributed by atoms with Crippen molar-refractivity contribution in [2.75, 3.05) is 0 Å². The lowest BCUT2D eigenvalue weighted by Gasteiger charge is -2.05. The van der Waals surface area contributed by atoms with Gasteiger partial charge in [-0.25, -0.2) is 9.97 Å². The van der Waals surface area contributed by atoms with E-state index in [4.69, 9.17) is 5.73 Å². The van der Waals surface area contributed by atoms with Crippen LogP contribution in [0.1, 0.15) is 18.2 Å². The van der Waals surface area contributed by atoms with E-state index in [1.165, 1.54) is 6.33 Å². The first-order valence-corrected chi connectivity index (χ1v) is 3.47. The highest BCUT2D eigenvalue weighted by molar-refractivity contribution is 5.04. The molecule has 2 N–H and O–H groups in total. The first kappa shape index (κ1) is 7.88. The Labute approximate surface area is 66.0 Å². The fourth-order valence-corrected chi connectivity index (χ4v) is 0.821. The van der Waals surface area contributed by atoms with Crippen molar-refractivity contribution in [3.05, 3.63) is 36.9 Å². The van der Waals surface area contributed by atoms with Crippen LogP contribution in [0.3, 0.4) is 0 Å². The number of rotatable bonds is 3. The molecule has 3 nitrogen and oxygen atoms in total. The van der Waals surface area contributed by atoms with E-state index in [-0.39, 0.29) is 6.04 Å². The van der Waals surface area contributed by atoms with Crippen LogP contribution < -0.4 is 5.73 Å². The van der Waals surface area contributed by atoms with Gasteiger partial charge in [-0.05, 0) is 12.5 Å². The molecule has 0 spiro atoms. The summed E-state index contributed by atoms with van der Waals surface area (Å²) in [5.41, 5.74) is 6.60. The molecule has 11 heavy (non-hydrogen) atoms. The highest BCUT2D eigenvalue weighted by atomic mass is 14.8. The Morgan fingerprint density at radius 2 is 2.55 bits per heavy atom. The maximum Gasteiger partial charge on any atom is 0.115 e. The van der Waals surface area contributed by atoms with Gasteiger partial charge in [0.1, 0.15) is 6.33 Å². The van der Waals surface area contributed by atoms with Crippen LogP contribution in [0.25, 0.3) is 0 Å². The molecule has 0 aliphatic rings. The number of nitrogens with zero attached hydrogens (tertiary/aromatic N) is 2. The van der Waals surface area contributed by atoms with Gasteiger partial charge in [-0.2, -0.15) is 0 Å². The largest absolute Gasteiger partial charge is 0.322 e. The van der Waals surface area contributed by atoms with E-state index in [0.29, 0.717) is 0 Å². The van der Waals surface area contributed by atoms with Crippen molar-refractivity contribution < 1.29 is 0 Å². The summed E-state index contributed by atoms with van der Waals surface area (Å²) in [5.74, 6) is 0. The van der Waals surface area contributed by atoms with Crippen LogP contribution in [0.15, 0.2) is 31.2 Å². The molecule has 0 aromatic carbocycles. The third-order valence-electron chi connectivity index (χ3n) is 1.41. The Kier molecular flexibility index (Phi) is 2.74. The van der Waals surface area contributed by atoms with Crippen molar-refractivity contribution >= 4 is 0 Å². The Hall–Kier alpha value is -1.22. The van der Waals surface area contributed by atoms with Crippen LogP contribution in [-0.2, 0) is 0 Å². The molecule has 0 fully saturated rings. The Bertz CT molecular complexity index is 220. The fourth-order valence-electron chi connectivity index (χ4n) is 0.821. The van der Waals surface area contributed by atoms with Gasteiger partial charge in [-0.1, -0.05) is 6.08 Å². The quantitative estimate of drug-likeness (QED) is 0.653. The second-order valence-electron chi connectivity index (χ2n) is 2.27. The second kappa shape index (κ2) is 3.83. The van der Waals surface area contributed by atoms with E-state index >= 15 is 0 Å². The number of hydrogen-bond acceptors (Lipinski definition) is 3. The average molecular weight is 149 g/mol. The average Bonchev–Trinajstić information content (AvgIpc) is 2.07. The molecule has 0 radical (unpaired) electrons. The SMILES string of the molecule is C=CCC(N)c1ccncn1. The van der Waals surface area contributed by atoms with Gasteiger partial charge >= 0.3 is 0 Å². The normalized spacial score (nSPS) is 12.5. The third kappa shape index (κ3) is 2.13. The van der Waals surface area contributed by atoms with Gasteiger partial charge in [0.25, 0.3) is 0 Å². The van der Waals surface area contributed by atoms with Crippen molar-refractivity contribution in [2.24, 2.45) is 5.73 Å². The van der Waals surface area contributed by atoms with Gasteiger partial charge in [-0.15, -0.1) is 6.58 Å². The van der Waals surface area contributed by atoms with E-state index in [2.05, 4.69) is 16.5 Å². The zero-order chi connectivity index (χ0) is 8.10. The monoisotopic (exact) mass is 149 g/mol. The predicted molar refractivity (Wildman–Crippen MR) is 43.8 cm³/mol. The number of nitrogens with two attached hydrogens (primary N) is 1. The number of aromatic nitrogens is 2. The standard InChI is InChI=1S/C8H11N3/c1-2-3-7(9)8-4-5-10-6-11-8/h2,4-7H,1,3,9H2. The maximum atomic E-state index is 5.74. The third-order valence-corrected chi connectivity index (χ3v) is 1.41. The summed E-state index contributed by atoms with van der Waals surface area (Å²) in [7, 11) is 0. The Balaban J connectivity index is 2.68. The summed E-state index contributed by atoms with van der Waals surface area (Å²) in [5, 5.41) is 0. The maximum absolute atomic E-state index is 5.74. The smallest absolute Gasteiger partial charge is 0.115 e. The zero-order valence-corrected chi connectivity index (χ0v) is 6.27. The van der Waals surface area contributed by atoms with E-state index in [9.17, 15) is 0 Å². The van der Waals surface area contributed by atoms with Crippen molar-refractivity contribution in [1.82, 2.24) is 9.97 Å².